The molecule has 85 heavy (non-hydrogen) atoms. The highest BCUT2D eigenvalue weighted by Crippen LogP contribution is 2.26. The van der Waals surface area contributed by atoms with E-state index in [0.29, 0.717) is 6.42 Å². The van der Waals surface area contributed by atoms with Crippen molar-refractivity contribution in [1.29, 1.82) is 0 Å². The van der Waals surface area contributed by atoms with Crippen LogP contribution in [0.3, 0.4) is 0 Å². The number of aliphatic hydroxyl groups is 1. The Labute approximate surface area is 510 Å². The topological polar surface area (TPSA) is 267 Å². The number of allylic oxidation sites excluding steroid dienone is 4. The van der Waals surface area contributed by atoms with Gasteiger partial charge in [-0.1, -0.05) is 93.5 Å². The van der Waals surface area contributed by atoms with Crippen LogP contribution in [0.5, 0.6) is 0 Å². The molecule has 0 aromatic carbocycles. The van der Waals surface area contributed by atoms with E-state index in [-0.39, 0.29) is 31.1 Å². The number of carbonyl (C=O) groups is 11. The van der Waals surface area contributed by atoms with Crippen molar-refractivity contribution in [2.45, 2.75) is 210 Å². The number of ketones is 1. The van der Waals surface area contributed by atoms with Crippen LogP contribution in [0.25, 0.3) is 0 Å². The molecule has 22 nitrogen and oxygen atoms in total. The summed E-state index contributed by atoms with van der Waals surface area (Å²) in [6.45, 7) is 35.3. The number of nitrogens with one attached hydrogen (secondary N) is 3. The minimum absolute atomic E-state index is 0.120. The number of likely N-dealkylation sites (N-methyl/N-ethyl adjacent to an activating group) is 7. The number of aliphatic hydroxyl groups excluding tert-OH is 1. The maximum Gasteiger partial charge on any atom is 0.246 e. The Hall–Kier alpha value is -6.45. The highest BCUT2D eigenvalue weighted by molar-refractivity contribution is 5.99. The van der Waals surface area contributed by atoms with Crippen molar-refractivity contribution in [3.63, 3.8) is 0 Å². The molecule has 4 N–H and O–H groups in total. The van der Waals surface area contributed by atoms with E-state index in [0.717, 1.165) is 14.7 Å². The summed E-state index contributed by atoms with van der Waals surface area (Å²) in [5.74, 6) is -10.0. The fourth-order valence-electron chi connectivity index (χ4n) is 9.76. The number of nitrogens with zero attached hydrogens (tertiary/aromatic N) is 7. The Morgan fingerprint density at radius 1 is 0.529 bits per heavy atom. The number of Topliss-reactive ketones (excluding diaryl/α,β-unsaturated/α-hetero) is 1. The number of hydrogen-bond acceptors (Lipinski definition) is 12. The van der Waals surface area contributed by atoms with Gasteiger partial charge in [0.05, 0.1) is 12.6 Å². The molecule has 1 aliphatic heterocycles. The molecule has 0 aromatic rings. The molecule has 1 saturated heterocycles. The maximum absolute atomic E-state index is 14.8. The minimum atomic E-state index is -1.49. The molecule has 1 fully saturated rings. The molecule has 0 saturated carbocycles. The number of rotatable bonds is 11. The Bertz CT molecular complexity index is 2280. The van der Waals surface area contributed by atoms with Crippen molar-refractivity contribution in [3.8, 4) is 0 Å². The Morgan fingerprint density at radius 2 is 0.953 bits per heavy atom. The van der Waals surface area contributed by atoms with E-state index in [2.05, 4.69) is 29.1 Å². The van der Waals surface area contributed by atoms with Crippen LogP contribution >= 0.6 is 0 Å². The molecule has 1 aliphatic rings. The molecule has 0 radical (unpaired) electrons. The highest BCUT2D eigenvalue weighted by Gasteiger charge is 2.44. The fraction of sp³-hybridized carbons (Fsp3) is 0.730. The quantitative estimate of drug-likeness (QED) is 0.205. The van der Waals surface area contributed by atoms with Crippen LogP contribution in [0.4, 0.5) is 0 Å². The van der Waals surface area contributed by atoms with Crippen molar-refractivity contribution in [2.75, 3.05) is 55.9 Å². The van der Waals surface area contributed by atoms with Gasteiger partial charge in [0.25, 0.3) is 0 Å². The lowest BCUT2D eigenvalue weighted by Gasteiger charge is -2.40. The van der Waals surface area contributed by atoms with E-state index in [1.807, 2.05) is 47.6 Å². The average Bonchev–Trinajstić information content (AvgIpc) is 3.64. The van der Waals surface area contributed by atoms with Gasteiger partial charge < -0.3 is 55.4 Å². The van der Waals surface area contributed by atoms with E-state index in [1.165, 1.54) is 96.6 Å². The molecule has 486 valence electrons. The molecule has 1 rings (SSSR count). The number of carbonyl (C=O) groups excluding carboxylic acids is 11. The second-order valence-electron chi connectivity index (χ2n) is 24.3. The summed E-state index contributed by atoms with van der Waals surface area (Å²) in [6, 6.07) is -10.9. The highest BCUT2D eigenvalue weighted by atomic mass is 16.3. The summed E-state index contributed by atoms with van der Waals surface area (Å²) in [4.78, 5) is 165. The van der Waals surface area contributed by atoms with Crippen molar-refractivity contribution in [2.24, 2.45) is 35.5 Å². The van der Waals surface area contributed by atoms with Crippen LogP contribution in [0.15, 0.2) is 37.5 Å². The van der Waals surface area contributed by atoms with Crippen molar-refractivity contribution < 1.29 is 57.8 Å². The van der Waals surface area contributed by atoms with Crippen LogP contribution in [0, 0.1) is 35.5 Å². The predicted molar refractivity (Wildman–Crippen MR) is 334 cm³/mol. The molecule has 1 heterocycles. The first-order valence-corrected chi connectivity index (χ1v) is 30.0. The molecule has 0 aliphatic carbocycles. The van der Waals surface area contributed by atoms with Gasteiger partial charge >= 0.3 is 0 Å². The van der Waals surface area contributed by atoms with Crippen molar-refractivity contribution in [1.82, 2.24) is 50.2 Å². The monoisotopic (exact) mass is 1200 g/mol. The third kappa shape index (κ3) is 24.1. The van der Waals surface area contributed by atoms with Gasteiger partial charge in [-0.25, -0.2) is 0 Å². The molecule has 12 unspecified atom stereocenters. The van der Waals surface area contributed by atoms with Gasteiger partial charge in [-0.3, -0.25) is 52.7 Å². The first kappa shape index (κ1) is 80.6. The third-order valence-electron chi connectivity index (χ3n) is 15.4. The van der Waals surface area contributed by atoms with E-state index in [9.17, 15) is 57.8 Å². The standard InChI is InChI=1S/C57H100N10O12.2C3H6/c1-23-25-26-35(11)48(70)47-43(68)29-40(24-2)55(77)61(16)30-44(69)64(19)41(27-31(3)4)51(73)60-45(33(7)8)56(78)65(20)42(28-32(5)6)50(72)58-36(12)49(71)59-37(13)52(74)62(17)38(14)53(75)63(18)39(15)54(76)66(21)46(34(9)10)57(79)67(47)22;2*1-3-2/h23,25,31-42,45-48,70H,24,26-30H2,1-22H3,(H,58,72)(H,59,71)(H,60,73);2*3H,1H2,2H3/b25-23+;;. The SMILES string of the molecule is C/C=C/CC(C)C(O)C1C(=O)CC(CC)C(=O)N(C)CC(=O)N(C)C(CC(C)C)C(=O)NC(C(C)C)C(=O)N(C)C(CC(C)C)C(=O)NC(C)C(=O)NC(C)C(=O)N(C)C(C)C(=O)N(C)C(C)C(=O)N(C)C(C(C)C)C(=O)N1C.C=CC.C=CC. The van der Waals surface area contributed by atoms with Crippen molar-refractivity contribution >= 4 is 64.9 Å². The molecule has 0 bridgehead atoms. The maximum atomic E-state index is 14.8. The van der Waals surface area contributed by atoms with Gasteiger partial charge in [-0.05, 0) is 104 Å². The zero-order valence-electron chi connectivity index (χ0n) is 56.3. The van der Waals surface area contributed by atoms with Gasteiger partial charge in [0.15, 0.2) is 5.78 Å². The molecular formula is C63H112N10O12. The predicted octanol–water partition coefficient (Wildman–Crippen LogP) is 4.69. The zero-order valence-corrected chi connectivity index (χ0v) is 56.3. The lowest BCUT2D eigenvalue weighted by molar-refractivity contribution is -0.156. The van der Waals surface area contributed by atoms with Crippen LogP contribution in [0.2, 0.25) is 0 Å². The summed E-state index contributed by atoms with van der Waals surface area (Å²) in [5, 5.41) is 20.1. The summed E-state index contributed by atoms with van der Waals surface area (Å²) >= 11 is 0. The number of hydrogen-bond donors (Lipinski definition) is 4. The van der Waals surface area contributed by atoms with Gasteiger partial charge in [-0.15, -0.1) is 13.2 Å². The second-order valence-corrected chi connectivity index (χ2v) is 24.3. The third-order valence-corrected chi connectivity index (χ3v) is 15.4. The molecule has 12 atom stereocenters. The lowest BCUT2D eigenvalue weighted by Crippen LogP contribution is -2.61. The Kier molecular flexibility index (Phi) is 36.6. The minimum Gasteiger partial charge on any atom is -0.390 e. The van der Waals surface area contributed by atoms with Gasteiger partial charge in [0.2, 0.25) is 59.1 Å². The first-order valence-electron chi connectivity index (χ1n) is 30.0. The Balaban J connectivity index is 0. The molecule has 22 heteroatoms. The summed E-state index contributed by atoms with van der Waals surface area (Å²) in [7, 11) is 9.76. The summed E-state index contributed by atoms with van der Waals surface area (Å²) in [6.07, 6.45) is 6.05. The zero-order chi connectivity index (χ0) is 66.8. The second kappa shape index (κ2) is 38.6. The van der Waals surface area contributed by atoms with Crippen molar-refractivity contribution in [3.05, 3.63) is 37.5 Å². The van der Waals surface area contributed by atoms with Crippen LogP contribution in [-0.4, -0.2) is 221 Å². The van der Waals surface area contributed by atoms with E-state index in [4.69, 9.17) is 0 Å². The average molecular weight is 1200 g/mol. The van der Waals surface area contributed by atoms with Gasteiger partial charge in [0.1, 0.15) is 54.4 Å². The molecule has 10 amide bonds. The largest absolute Gasteiger partial charge is 0.390 e. The molecular weight excluding hydrogens is 1090 g/mol. The Morgan fingerprint density at radius 3 is 1.39 bits per heavy atom. The van der Waals surface area contributed by atoms with Crippen LogP contribution in [-0.2, 0) is 52.7 Å². The molecule has 0 aromatic heterocycles. The van der Waals surface area contributed by atoms with Crippen LogP contribution in [0.1, 0.15) is 150 Å². The summed E-state index contributed by atoms with van der Waals surface area (Å²) < 4.78 is 0. The van der Waals surface area contributed by atoms with E-state index in [1.54, 1.807) is 66.7 Å². The van der Waals surface area contributed by atoms with E-state index >= 15 is 0 Å². The summed E-state index contributed by atoms with van der Waals surface area (Å²) in [5.41, 5.74) is 0. The first-order chi connectivity index (χ1) is 39.2. The smallest absolute Gasteiger partial charge is 0.246 e. The van der Waals surface area contributed by atoms with Crippen LogP contribution < -0.4 is 16.0 Å². The molecule has 0 spiro atoms. The van der Waals surface area contributed by atoms with Gasteiger partial charge in [0, 0.05) is 61.7 Å². The fourth-order valence-corrected chi connectivity index (χ4v) is 9.76. The van der Waals surface area contributed by atoms with Gasteiger partial charge in [-0.2, -0.15) is 0 Å². The lowest BCUT2D eigenvalue weighted by atomic mass is 9.86. The van der Waals surface area contributed by atoms with E-state index < -0.39 is 162 Å². The normalized spacial score (nSPS) is 26.3. The number of amides is 10.